The maximum Gasteiger partial charge on any atom is 0.247 e. The van der Waals surface area contributed by atoms with Crippen molar-refractivity contribution >= 4 is 112 Å². The van der Waals surface area contributed by atoms with Crippen LogP contribution in [0.1, 0.15) is 105 Å². The van der Waals surface area contributed by atoms with Crippen LogP contribution >= 0.6 is 11.8 Å². The normalized spacial score (nSPS) is 24.9. The zero-order chi connectivity index (χ0) is 81.2. The molecule has 1 aromatic heterocycles. The van der Waals surface area contributed by atoms with Gasteiger partial charge in [0.1, 0.15) is 72.5 Å². The first-order valence-corrected chi connectivity index (χ1v) is 36.5. The maximum atomic E-state index is 14.8. The third-order valence-electron chi connectivity index (χ3n) is 17.2. The number of nitrogens with two attached hydrogens (primary N) is 3. The summed E-state index contributed by atoms with van der Waals surface area (Å²) in [5, 5.41) is 35.2. The number of rotatable bonds is 20. The molecule has 0 bridgehead atoms. The number of likely N-dealkylation sites (N-methyl/N-ethyl adjacent to an activating group) is 4. The average Bonchev–Trinajstić information content (AvgIpc) is 0.890. The highest BCUT2D eigenvalue weighted by atomic mass is 32.2. The molecule has 1 aromatic carbocycles. The number of hydrogen-bond acceptors (Lipinski definition) is 21. The van der Waals surface area contributed by atoms with Crippen LogP contribution < -0.4 is 70.4 Å². The number of aliphatic hydroxyl groups excluding tert-OH is 1. The summed E-state index contributed by atoms with van der Waals surface area (Å²) in [7, 11) is 5.03. The molecule has 39 heteroatoms. The largest absolute Gasteiger partial charge is 0.394 e. The molecule has 1 aliphatic rings. The highest BCUT2D eigenvalue weighted by Crippen LogP contribution is 2.17. The summed E-state index contributed by atoms with van der Waals surface area (Å²) < 4.78 is 0. The van der Waals surface area contributed by atoms with Crippen LogP contribution in [0.2, 0.25) is 0 Å². The molecule has 1 saturated heterocycles. The number of H-pyrrole nitrogens is 1. The molecule has 0 radical (unpaired) electrons. The van der Waals surface area contributed by atoms with E-state index >= 15 is 0 Å². The number of nitrogens with one attached hydrogen (secondary N) is 11. The predicted octanol–water partition coefficient (Wildman–Crippen LogP) is -6.22. The van der Waals surface area contributed by atoms with Crippen molar-refractivity contribution in [2.24, 2.45) is 23.1 Å². The minimum absolute atomic E-state index is 0.0133. The molecule has 108 heavy (non-hydrogen) atoms. The highest BCUT2D eigenvalue weighted by molar-refractivity contribution is 8.00. The number of carbonyl (C=O) groups excluding carboxylic acids is 17. The summed E-state index contributed by atoms with van der Waals surface area (Å²) in [4.78, 5) is 248. The Morgan fingerprint density at radius 1 is 0.630 bits per heavy atom. The van der Waals surface area contributed by atoms with Crippen molar-refractivity contribution in [3.05, 3.63) is 66.8 Å². The van der Waals surface area contributed by atoms with Crippen LogP contribution in [-0.2, 0) is 94.3 Å². The van der Waals surface area contributed by atoms with E-state index in [0.29, 0.717) is 24.1 Å². The minimum atomic E-state index is -1.80. The molecule has 2 aromatic rings. The molecule has 38 nitrogen and oxygen atoms in total. The number of aromatic nitrogens is 2. The van der Waals surface area contributed by atoms with E-state index in [1.165, 1.54) is 61.5 Å². The highest BCUT2D eigenvalue weighted by Gasteiger charge is 2.40. The van der Waals surface area contributed by atoms with Gasteiger partial charge in [0.15, 0.2) is 0 Å². The Bertz CT molecular complexity index is 3480. The molecular formula is C69H108N20O18S. The van der Waals surface area contributed by atoms with Gasteiger partial charge >= 0.3 is 0 Å². The van der Waals surface area contributed by atoms with Crippen molar-refractivity contribution in [3.8, 4) is 0 Å². The number of aliphatic hydroxyl groups is 1. The van der Waals surface area contributed by atoms with Crippen molar-refractivity contribution in [1.82, 2.24) is 87.6 Å². The van der Waals surface area contributed by atoms with Crippen molar-refractivity contribution in [2.45, 2.75) is 179 Å². The van der Waals surface area contributed by atoms with E-state index in [0.717, 1.165) is 42.3 Å². The Morgan fingerprint density at radius 3 is 1.80 bits per heavy atom. The molecule has 0 saturated carbocycles. The van der Waals surface area contributed by atoms with Crippen LogP contribution in [-0.4, -0.2) is 292 Å². The van der Waals surface area contributed by atoms with Crippen LogP contribution in [0.15, 0.2) is 55.5 Å². The number of benzene rings is 1. The van der Waals surface area contributed by atoms with Gasteiger partial charge in [-0.25, -0.2) is 4.98 Å². The first-order chi connectivity index (χ1) is 50.9. The standard InChI is InChI=1S/C69H108N20O18S/c1-13-16-22-52-69(107)86(10)33-56(94)78-44(23-24-70)61(99)84-50(60(98)74-31-54(72)92)35-108-36-57(95)79-47(27-42-20-18-17-19-21-42)67(105)87(11)41(8)59(97)81-48(29-53(71)91)68(106)89(25-14-2)51(15-3)64(102)80-45(28-43-30-73-37-75-43)62(100)82-46(26-38(4)5)66(104)85(9)32-55(93)76-39(6)58(96)83-49(34-90)63(101)77-40(7)65(103)88(52)12/h15,17-21,30,37-41,44-52,90H,3,13-14,16,22-29,31-36,70H2,1-2,4-12H3,(H2,71,91)(H2,72,92)(H,73,75)(H,74,98)(H,76,93)(H,77,101)(H,78,94)(H,79,95)(H,80,102)(H,81,97)(H,82,100)(H,83,96)(H,84,99)/t39-,40-,41-,44-,45-,46-,47-,48-,49-,50-,51-,52-/m0/s1. The third kappa shape index (κ3) is 29.6. The van der Waals surface area contributed by atoms with E-state index in [2.05, 4.69) is 69.7 Å². The fourth-order valence-corrected chi connectivity index (χ4v) is 12.1. The summed E-state index contributed by atoms with van der Waals surface area (Å²) in [5.41, 5.74) is 17.7. The molecule has 3 rings (SSSR count). The second-order valence-corrected chi connectivity index (χ2v) is 27.7. The van der Waals surface area contributed by atoms with Crippen LogP contribution in [0, 0.1) is 5.92 Å². The van der Waals surface area contributed by atoms with Crippen LogP contribution in [0.3, 0.4) is 0 Å². The summed E-state index contributed by atoms with van der Waals surface area (Å²) in [5.74, 6) is -16.8. The zero-order valence-corrected chi connectivity index (χ0v) is 63.9. The van der Waals surface area contributed by atoms with Gasteiger partial charge in [0.05, 0.1) is 44.7 Å². The van der Waals surface area contributed by atoms with Crippen molar-refractivity contribution in [3.63, 3.8) is 0 Å². The smallest absolute Gasteiger partial charge is 0.247 e. The van der Waals surface area contributed by atoms with Gasteiger partial charge in [0.25, 0.3) is 0 Å². The number of aromatic amines is 1. The van der Waals surface area contributed by atoms with E-state index in [1.54, 1.807) is 51.1 Å². The second-order valence-electron chi connectivity index (χ2n) is 26.6. The summed E-state index contributed by atoms with van der Waals surface area (Å²) in [6.07, 6.45) is 3.44. The molecule has 1 aliphatic heterocycles. The van der Waals surface area contributed by atoms with Crippen LogP contribution in [0.5, 0.6) is 0 Å². The number of amides is 17. The van der Waals surface area contributed by atoms with Gasteiger partial charge in [-0.1, -0.05) is 76.9 Å². The summed E-state index contributed by atoms with van der Waals surface area (Å²) in [6, 6.07) is -9.58. The topological polar surface area (TPSA) is 554 Å². The molecule has 17 amide bonds. The maximum absolute atomic E-state index is 14.8. The van der Waals surface area contributed by atoms with Crippen LogP contribution in [0.4, 0.5) is 0 Å². The lowest BCUT2D eigenvalue weighted by atomic mass is 10.0. The Balaban J connectivity index is 2.17. The molecule has 598 valence electrons. The van der Waals surface area contributed by atoms with Crippen molar-refractivity contribution < 1.29 is 86.6 Å². The first kappa shape index (κ1) is 91.6. The number of unbranched alkanes of at least 4 members (excludes halogenated alkanes) is 1. The van der Waals surface area contributed by atoms with E-state index in [1.807, 2.05) is 6.92 Å². The summed E-state index contributed by atoms with van der Waals surface area (Å²) in [6.45, 7) is 11.1. The SMILES string of the molecule is C=C[C@H]1C(=O)N[C@@H](Cc2cnc[nH]2)C(=O)N[C@@H](CC(C)C)C(=O)N(C)CC(=O)N[C@@H](C)C(=O)N[C@@H](CO)C(=O)N[C@@H](C)C(=O)N(C)[C@@H](CCCC)C(=O)N(C)CC(=O)N[C@@H](CCN)C(=O)N[C@H](C(=O)NCC(N)=O)CSCC(=O)N[C@@H](Cc2ccccc2)C(=O)N(C)[C@@H](C)C(=O)N[C@@H](CC(N)=O)C(=O)N1CCC. The van der Waals surface area contributed by atoms with Gasteiger partial charge in [-0.05, 0) is 64.5 Å². The fourth-order valence-electron chi connectivity index (χ4n) is 11.2. The third-order valence-corrected chi connectivity index (χ3v) is 18.2. The molecule has 0 aliphatic carbocycles. The van der Waals surface area contributed by atoms with Gasteiger partial charge in [-0.15, -0.1) is 18.3 Å². The minimum Gasteiger partial charge on any atom is -0.394 e. The van der Waals surface area contributed by atoms with E-state index < -0.39 is 211 Å². The lowest BCUT2D eigenvalue weighted by molar-refractivity contribution is -0.147. The van der Waals surface area contributed by atoms with E-state index in [9.17, 15) is 86.6 Å². The molecule has 12 atom stereocenters. The van der Waals surface area contributed by atoms with Crippen LogP contribution in [0.25, 0.3) is 0 Å². The van der Waals surface area contributed by atoms with Crippen molar-refractivity contribution in [2.75, 3.05) is 79.0 Å². The Kier molecular flexibility index (Phi) is 38.9. The lowest BCUT2D eigenvalue weighted by Gasteiger charge is -2.34. The Hall–Kier alpha value is -10.6. The number of carbonyl (C=O) groups is 17. The van der Waals surface area contributed by atoms with Gasteiger partial charge in [-0.3, -0.25) is 81.5 Å². The number of nitrogens with zero attached hydrogens (tertiary/aromatic N) is 6. The molecular weight excluding hydrogens is 1430 g/mol. The van der Waals surface area contributed by atoms with Gasteiger partial charge in [0.2, 0.25) is 100 Å². The number of primary amides is 2. The van der Waals surface area contributed by atoms with E-state index in [4.69, 9.17) is 17.2 Å². The second kappa shape index (κ2) is 45.8. The molecule has 2 heterocycles. The summed E-state index contributed by atoms with van der Waals surface area (Å²) >= 11 is 0.791. The first-order valence-electron chi connectivity index (χ1n) is 35.3. The van der Waals surface area contributed by atoms with E-state index in [-0.39, 0.29) is 63.3 Å². The average molecular weight is 1540 g/mol. The monoisotopic (exact) mass is 1540 g/mol. The zero-order valence-electron chi connectivity index (χ0n) is 63.1. The molecule has 0 spiro atoms. The Morgan fingerprint density at radius 2 is 1.22 bits per heavy atom. The molecule has 0 unspecified atom stereocenters. The number of hydrogen-bond donors (Lipinski definition) is 15. The number of imidazole rings is 1. The molecule has 18 N–H and O–H groups in total. The van der Waals surface area contributed by atoms with Crippen molar-refractivity contribution in [1.29, 1.82) is 0 Å². The fraction of sp³-hybridized carbons (Fsp3) is 0.594. The number of thioether (sulfide) groups is 1. The quantitative estimate of drug-likeness (QED) is 0.0549. The van der Waals surface area contributed by atoms with Gasteiger partial charge in [0, 0.05) is 65.2 Å². The Labute approximate surface area is 631 Å². The lowest BCUT2D eigenvalue weighted by Crippen LogP contribution is -2.61. The predicted molar refractivity (Wildman–Crippen MR) is 394 cm³/mol. The molecule has 1 fully saturated rings. The van der Waals surface area contributed by atoms with Gasteiger partial charge in [-0.2, -0.15) is 0 Å². The van der Waals surface area contributed by atoms with Gasteiger partial charge < -0.3 is 105 Å².